The van der Waals surface area contributed by atoms with Gasteiger partial charge in [0.05, 0.1) is 34.6 Å². The smallest absolute Gasteiger partial charge is 0.365 e. The number of hydrogen-bond donors (Lipinski definition) is 0. The molecule has 0 radical (unpaired) electrons. The standard InChI is InChI=1S/C15H11ClF3N3O3/c1-21(12-7(16)4-6(5-20-12)15(17,18)19)22-13(23)10-8-2-3-9(25-8)11(10)14(22)24/h2-5,8-11H,1H3/t8-,9-,10+,11+/m1/s1. The van der Waals surface area contributed by atoms with Gasteiger partial charge in [0.25, 0.3) is 11.8 Å². The molecule has 25 heavy (non-hydrogen) atoms. The van der Waals surface area contributed by atoms with Gasteiger partial charge < -0.3 is 4.74 Å². The summed E-state index contributed by atoms with van der Waals surface area (Å²) in [6.45, 7) is 0. The van der Waals surface area contributed by atoms with Crippen molar-refractivity contribution in [2.45, 2.75) is 18.4 Å². The lowest BCUT2D eigenvalue weighted by Crippen LogP contribution is -2.46. The van der Waals surface area contributed by atoms with Crippen LogP contribution in [0.1, 0.15) is 5.56 Å². The number of hydrazine groups is 1. The number of hydrogen-bond acceptors (Lipinski definition) is 5. The van der Waals surface area contributed by atoms with Crippen LogP contribution in [0.5, 0.6) is 0 Å². The van der Waals surface area contributed by atoms with Crippen LogP contribution in [0, 0.1) is 11.8 Å². The number of imide groups is 1. The van der Waals surface area contributed by atoms with Gasteiger partial charge in [0.2, 0.25) is 0 Å². The minimum Gasteiger partial charge on any atom is -0.365 e. The molecule has 0 aromatic carbocycles. The Kier molecular flexibility index (Phi) is 3.39. The summed E-state index contributed by atoms with van der Waals surface area (Å²) in [5.41, 5.74) is -1.01. The Morgan fingerprint density at radius 3 is 2.24 bits per heavy atom. The molecular formula is C15H11ClF3N3O3. The number of rotatable bonds is 2. The third-order valence-electron chi connectivity index (χ3n) is 4.64. The molecule has 10 heteroatoms. The average Bonchev–Trinajstić information content (AvgIpc) is 3.20. The lowest BCUT2D eigenvalue weighted by molar-refractivity contribution is -0.143. The van der Waals surface area contributed by atoms with E-state index in [1.165, 1.54) is 7.05 Å². The Labute approximate surface area is 144 Å². The van der Waals surface area contributed by atoms with Gasteiger partial charge in [-0.2, -0.15) is 18.2 Å². The van der Waals surface area contributed by atoms with Gasteiger partial charge in [-0.25, -0.2) is 4.98 Å². The second-order valence-corrected chi connectivity index (χ2v) is 6.45. The first-order valence-corrected chi connectivity index (χ1v) is 7.76. The fourth-order valence-electron chi connectivity index (χ4n) is 3.50. The van der Waals surface area contributed by atoms with Crippen molar-refractivity contribution in [2.24, 2.45) is 11.8 Å². The van der Waals surface area contributed by atoms with E-state index < -0.39 is 47.6 Å². The zero-order chi connectivity index (χ0) is 18.1. The van der Waals surface area contributed by atoms with Crippen LogP contribution in [-0.4, -0.2) is 41.1 Å². The summed E-state index contributed by atoms with van der Waals surface area (Å²) in [7, 11) is 1.36. The molecule has 2 bridgehead atoms. The third-order valence-corrected chi connectivity index (χ3v) is 4.92. The molecule has 3 aliphatic rings. The van der Waals surface area contributed by atoms with Gasteiger partial charge in [-0.1, -0.05) is 23.8 Å². The van der Waals surface area contributed by atoms with Gasteiger partial charge >= 0.3 is 6.18 Å². The van der Waals surface area contributed by atoms with Gasteiger partial charge in [-0.05, 0) is 6.07 Å². The predicted octanol–water partition coefficient (Wildman–Crippen LogP) is 2.04. The van der Waals surface area contributed by atoms with E-state index in [1.807, 2.05) is 0 Å². The topological polar surface area (TPSA) is 62.7 Å². The number of ether oxygens (including phenoxy) is 1. The quantitative estimate of drug-likeness (QED) is 0.586. The fourth-order valence-corrected chi connectivity index (χ4v) is 3.79. The van der Waals surface area contributed by atoms with Crippen LogP contribution in [0.3, 0.4) is 0 Å². The van der Waals surface area contributed by atoms with Crippen LogP contribution in [0.15, 0.2) is 24.4 Å². The van der Waals surface area contributed by atoms with E-state index >= 15 is 0 Å². The van der Waals surface area contributed by atoms with Crippen molar-refractivity contribution >= 4 is 29.2 Å². The van der Waals surface area contributed by atoms with Crippen LogP contribution in [-0.2, 0) is 20.5 Å². The third kappa shape index (κ3) is 2.26. The van der Waals surface area contributed by atoms with Gasteiger partial charge in [-0.15, -0.1) is 0 Å². The molecular weight excluding hydrogens is 363 g/mol. The highest BCUT2D eigenvalue weighted by molar-refractivity contribution is 6.33. The number of alkyl halides is 3. The first-order chi connectivity index (χ1) is 11.7. The van der Waals surface area contributed by atoms with E-state index in [0.29, 0.717) is 12.3 Å². The first kappa shape index (κ1) is 16.3. The lowest BCUT2D eigenvalue weighted by Gasteiger charge is -2.29. The monoisotopic (exact) mass is 373 g/mol. The highest BCUT2D eigenvalue weighted by Crippen LogP contribution is 2.46. The van der Waals surface area contributed by atoms with Crippen molar-refractivity contribution in [3.8, 4) is 0 Å². The highest BCUT2D eigenvalue weighted by Gasteiger charge is 2.62. The number of carbonyl (C=O) groups excluding carboxylic acids is 2. The Bertz CT molecular complexity index is 783. The number of amides is 2. The van der Waals surface area contributed by atoms with Crippen molar-refractivity contribution in [3.63, 3.8) is 0 Å². The minimum absolute atomic E-state index is 0.113. The molecule has 2 amide bonds. The normalized spacial score (nSPS) is 30.4. The molecule has 4 atom stereocenters. The van der Waals surface area contributed by atoms with E-state index in [4.69, 9.17) is 16.3 Å². The molecule has 0 spiro atoms. The molecule has 4 heterocycles. The van der Waals surface area contributed by atoms with Gasteiger partial charge in [0.15, 0.2) is 5.82 Å². The van der Waals surface area contributed by atoms with E-state index in [-0.39, 0.29) is 10.8 Å². The molecule has 0 saturated carbocycles. The molecule has 0 unspecified atom stereocenters. The second kappa shape index (κ2) is 5.18. The summed E-state index contributed by atoms with van der Waals surface area (Å²) in [5, 5.41) is 1.66. The number of pyridine rings is 1. The Hall–Kier alpha value is -2.13. The largest absolute Gasteiger partial charge is 0.417 e. The number of aromatic nitrogens is 1. The number of anilines is 1. The molecule has 1 aromatic heterocycles. The molecule has 1 aromatic rings. The van der Waals surface area contributed by atoms with Gasteiger partial charge in [0.1, 0.15) is 0 Å². The molecule has 3 aliphatic heterocycles. The van der Waals surface area contributed by atoms with Crippen molar-refractivity contribution < 1.29 is 27.5 Å². The lowest BCUT2D eigenvalue weighted by atomic mass is 9.85. The van der Waals surface area contributed by atoms with Crippen LogP contribution in [0.2, 0.25) is 5.02 Å². The Balaban J connectivity index is 1.65. The molecule has 0 aliphatic carbocycles. The number of carbonyl (C=O) groups is 2. The van der Waals surface area contributed by atoms with Gasteiger partial charge in [0, 0.05) is 13.2 Å². The second-order valence-electron chi connectivity index (χ2n) is 6.04. The van der Waals surface area contributed by atoms with Crippen molar-refractivity contribution in [2.75, 3.05) is 12.1 Å². The Morgan fingerprint density at radius 2 is 1.76 bits per heavy atom. The van der Waals surface area contributed by atoms with Crippen LogP contribution in [0.4, 0.5) is 19.0 Å². The zero-order valence-electron chi connectivity index (χ0n) is 12.7. The van der Waals surface area contributed by atoms with Crippen LogP contribution < -0.4 is 5.01 Å². The zero-order valence-corrected chi connectivity index (χ0v) is 13.5. The van der Waals surface area contributed by atoms with Crippen molar-refractivity contribution in [3.05, 3.63) is 35.0 Å². The summed E-state index contributed by atoms with van der Waals surface area (Å²) in [6.07, 6.45) is -1.42. The minimum atomic E-state index is -4.59. The van der Waals surface area contributed by atoms with E-state index in [0.717, 1.165) is 10.0 Å². The van der Waals surface area contributed by atoms with E-state index in [1.54, 1.807) is 12.2 Å². The first-order valence-electron chi connectivity index (χ1n) is 7.38. The number of fused-ring (bicyclic) bond motifs is 5. The highest BCUT2D eigenvalue weighted by atomic mass is 35.5. The van der Waals surface area contributed by atoms with E-state index in [2.05, 4.69) is 4.98 Å². The van der Waals surface area contributed by atoms with Gasteiger partial charge in [-0.3, -0.25) is 14.6 Å². The molecule has 2 saturated heterocycles. The summed E-state index contributed by atoms with van der Waals surface area (Å²) in [4.78, 5) is 29.0. The maximum absolute atomic E-state index is 12.7. The summed E-state index contributed by atoms with van der Waals surface area (Å²) in [5.74, 6) is -2.33. The number of nitrogens with zero attached hydrogens (tertiary/aromatic N) is 3. The van der Waals surface area contributed by atoms with Crippen LogP contribution in [0.25, 0.3) is 0 Å². The summed E-state index contributed by atoms with van der Waals surface area (Å²) in [6, 6.07) is 0.709. The molecule has 6 nitrogen and oxygen atoms in total. The van der Waals surface area contributed by atoms with Crippen molar-refractivity contribution in [1.82, 2.24) is 9.99 Å². The predicted molar refractivity (Wildman–Crippen MR) is 79.3 cm³/mol. The Morgan fingerprint density at radius 1 is 1.20 bits per heavy atom. The van der Waals surface area contributed by atoms with E-state index in [9.17, 15) is 22.8 Å². The maximum Gasteiger partial charge on any atom is 0.417 e. The van der Waals surface area contributed by atoms with Crippen molar-refractivity contribution in [1.29, 1.82) is 0 Å². The number of halogens is 4. The SMILES string of the molecule is CN(c1ncc(C(F)(F)F)cc1Cl)N1C(=O)[C@@H]2[C@@H](C1=O)[C@H]1C=C[C@H]2O1. The molecule has 4 rings (SSSR count). The maximum atomic E-state index is 12.7. The molecule has 132 valence electrons. The average molecular weight is 374 g/mol. The fraction of sp³-hybridized carbons (Fsp3) is 0.400. The molecule has 2 fully saturated rings. The molecule has 0 N–H and O–H groups in total. The van der Waals surface area contributed by atoms with Crippen LogP contribution >= 0.6 is 11.6 Å². The summed E-state index contributed by atoms with van der Waals surface area (Å²) < 4.78 is 43.7. The summed E-state index contributed by atoms with van der Waals surface area (Å²) >= 11 is 5.90.